The van der Waals surface area contributed by atoms with Crippen molar-refractivity contribution in [2.24, 2.45) is 5.92 Å². The number of hydrogen-bond acceptors (Lipinski definition) is 3. The minimum atomic E-state index is -0.773. The highest BCUT2D eigenvalue weighted by molar-refractivity contribution is 5.79. The van der Waals surface area contributed by atoms with Crippen LogP contribution in [0.5, 0.6) is 0 Å². The van der Waals surface area contributed by atoms with E-state index >= 15 is 0 Å². The van der Waals surface area contributed by atoms with Crippen LogP contribution >= 0.6 is 0 Å². The molecular formula is C13H22N2O4. The van der Waals surface area contributed by atoms with E-state index in [1.165, 1.54) is 0 Å². The molecule has 2 fully saturated rings. The Labute approximate surface area is 113 Å². The molecule has 6 nitrogen and oxygen atoms in total. The van der Waals surface area contributed by atoms with E-state index in [4.69, 9.17) is 4.74 Å². The number of nitrogens with zero attached hydrogens (tertiary/aromatic N) is 2. The molecule has 2 heterocycles. The zero-order chi connectivity index (χ0) is 14.0. The van der Waals surface area contributed by atoms with Crippen molar-refractivity contribution in [3.05, 3.63) is 0 Å². The maximum Gasteiger partial charge on any atom is 0.320 e. The summed E-state index contributed by atoms with van der Waals surface area (Å²) in [5.41, 5.74) is 0. The first-order chi connectivity index (χ1) is 9.10. The molecule has 2 rings (SSSR count). The predicted molar refractivity (Wildman–Crippen MR) is 68.9 cm³/mol. The highest BCUT2D eigenvalue weighted by Gasteiger charge is 2.52. The van der Waals surface area contributed by atoms with Crippen molar-refractivity contribution >= 4 is 12.0 Å². The molecule has 2 aliphatic heterocycles. The monoisotopic (exact) mass is 270 g/mol. The van der Waals surface area contributed by atoms with Crippen molar-refractivity contribution in [1.29, 1.82) is 0 Å². The van der Waals surface area contributed by atoms with E-state index in [0.29, 0.717) is 26.1 Å². The fourth-order valence-corrected chi connectivity index (χ4v) is 3.31. The average Bonchev–Trinajstić information content (AvgIpc) is 2.96. The number of methoxy groups -OCH3 is 1. The van der Waals surface area contributed by atoms with Crippen LogP contribution in [-0.2, 0) is 9.53 Å². The number of carbonyl (C=O) groups excluding carboxylic acids is 1. The molecule has 2 amide bonds. The van der Waals surface area contributed by atoms with Crippen LogP contribution in [0.3, 0.4) is 0 Å². The molecule has 0 aliphatic carbocycles. The molecule has 3 unspecified atom stereocenters. The van der Waals surface area contributed by atoms with Crippen LogP contribution in [0.4, 0.5) is 4.79 Å². The summed E-state index contributed by atoms with van der Waals surface area (Å²) in [4.78, 5) is 27.3. The first kappa shape index (κ1) is 14.1. The van der Waals surface area contributed by atoms with E-state index in [9.17, 15) is 14.7 Å². The molecule has 3 atom stereocenters. The summed E-state index contributed by atoms with van der Waals surface area (Å²) in [5, 5.41) is 9.20. The van der Waals surface area contributed by atoms with Crippen molar-refractivity contribution < 1.29 is 19.4 Å². The van der Waals surface area contributed by atoms with Crippen LogP contribution in [0.15, 0.2) is 0 Å². The Morgan fingerprint density at radius 1 is 1.42 bits per heavy atom. The molecule has 0 saturated carbocycles. The van der Waals surface area contributed by atoms with Gasteiger partial charge in [-0.15, -0.1) is 0 Å². The van der Waals surface area contributed by atoms with Gasteiger partial charge in [-0.1, -0.05) is 0 Å². The Balaban J connectivity index is 2.05. The molecule has 1 N–H and O–H groups in total. The predicted octanol–water partition coefficient (Wildman–Crippen LogP) is 1.01. The van der Waals surface area contributed by atoms with Gasteiger partial charge in [0, 0.05) is 32.3 Å². The molecule has 0 radical (unpaired) electrons. The SMILES string of the molecule is CCN(CCOC)C(=O)N1C2CCC1C(C(=O)O)C2. The van der Waals surface area contributed by atoms with Gasteiger partial charge in [0.25, 0.3) is 0 Å². The third-order valence-electron chi connectivity index (χ3n) is 4.29. The number of carbonyl (C=O) groups is 2. The lowest BCUT2D eigenvalue weighted by atomic mass is 9.89. The van der Waals surface area contributed by atoms with Gasteiger partial charge in [-0.2, -0.15) is 0 Å². The molecule has 0 aromatic rings. The normalized spacial score (nSPS) is 28.7. The van der Waals surface area contributed by atoms with E-state index in [2.05, 4.69) is 0 Å². The highest BCUT2D eigenvalue weighted by atomic mass is 16.5. The van der Waals surface area contributed by atoms with E-state index < -0.39 is 5.97 Å². The summed E-state index contributed by atoms with van der Waals surface area (Å²) in [7, 11) is 1.61. The molecule has 0 aromatic heterocycles. The zero-order valence-electron chi connectivity index (χ0n) is 11.5. The summed E-state index contributed by atoms with van der Waals surface area (Å²) in [6.45, 7) is 3.61. The number of ether oxygens (including phenoxy) is 1. The van der Waals surface area contributed by atoms with E-state index in [1.807, 2.05) is 6.92 Å². The second-order valence-electron chi connectivity index (χ2n) is 5.24. The Morgan fingerprint density at radius 3 is 2.68 bits per heavy atom. The van der Waals surface area contributed by atoms with Crippen LogP contribution in [0.1, 0.15) is 26.2 Å². The molecule has 0 spiro atoms. The summed E-state index contributed by atoms with van der Waals surface area (Å²) in [6.07, 6.45) is 2.35. The molecule has 6 heteroatoms. The lowest BCUT2D eigenvalue weighted by Gasteiger charge is -2.30. The fraction of sp³-hybridized carbons (Fsp3) is 0.846. The van der Waals surface area contributed by atoms with Crippen LogP contribution in [0.2, 0.25) is 0 Å². The van der Waals surface area contributed by atoms with Gasteiger partial charge in [0.2, 0.25) is 0 Å². The van der Waals surface area contributed by atoms with Crippen LogP contribution < -0.4 is 0 Å². The van der Waals surface area contributed by atoms with Crippen molar-refractivity contribution in [1.82, 2.24) is 9.80 Å². The molecular weight excluding hydrogens is 248 g/mol. The Kier molecular flexibility index (Phi) is 4.29. The number of fused-ring (bicyclic) bond motifs is 2. The van der Waals surface area contributed by atoms with E-state index in [-0.39, 0.29) is 24.0 Å². The molecule has 2 bridgehead atoms. The summed E-state index contributed by atoms with van der Waals surface area (Å²) < 4.78 is 5.01. The van der Waals surface area contributed by atoms with Crippen molar-refractivity contribution in [3.63, 3.8) is 0 Å². The van der Waals surface area contributed by atoms with Crippen LogP contribution in [-0.4, -0.2) is 65.8 Å². The maximum absolute atomic E-state index is 12.5. The minimum absolute atomic E-state index is 0.0317. The topological polar surface area (TPSA) is 70.1 Å². The number of likely N-dealkylation sites (N-methyl/N-ethyl adjacent to an activating group) is 1. The largest absolute Gasteiger partial charge is 0.481 e. The first-order valence-corrected chi connectivity index (χ1v) is 6.89. The number of carboxylic acids is 1. The number of aliphatic carboxylic acids is 1. The standard InChI is InChI=1S/C13H22N2O4/c1-3-14(6-7-19-2)13(18)15-9-4-5-11(15)10(8-9)12(16)17/h9-11H,3-8H2,1-2H3,(H,16,17). The molecule has 108 valence electrons. The summed E-state index contributed by atoms with van der Waals surface area (Å²) in [6, 6.07) is -0.0439. The number of carboxylic acid groups (broad SMARTS) is 1. The third kappa shape index (κ3) is 2.54. The Hall–Kier alpha value is -1.30. The molecule has 0 aromatic carbocycles. The lowest BCUT2D eigenvalue weighted by Crippen LogP contribution is -2.47. The summed E-state index contributed by atoms with van der Waals surface area (Å²) in [5.74, 6) is -1.16. The number of hydrogen-bond donors (Lipinski definition) is 1. The second kappa shape index (κ2) is 5.77. The quantitative estimate of drug-likeness (QED) is 0.809. The minimum Gasteiger partial charge on any atom is -0.481 e. The Bertz CT molecular complexity index is 361. The maximum atomic E-state index is 12.5. The van der Waals surface area contributed by atoms with Crippen molar-refractivity contribution in [3.8, 4) is 0 Å². The van der Waals surface area contributed by atoms with E-state index in [1.54, 1.807) is 16.9 Å². The fourth-order valence-electron chi connectivity index (χ4n) is 3.31. The average molecular weight is 270 g/mol. The highest BCUT2D eigenvalue weighted by Crippen LogP contribution is 2.42. The smallest absolute Gasteiger partial charge is 0.320 e. The van der Waals surface area contributed by atoms with Gasteiger partial charge in [0.05, 0.1) is 12.5 Å². The van der Waals surface area contributed by atoms with Crippen LogP contribution in [0, 0.1) is 5.92 Å². The molecule has 2 saturated heterocycles. The van der Waals surface area contributed by atoms with E-state index in [0.717, 1.165) is 12.8 Å². The summed E-state index contributed by atoms with van der Waals surface area (Å²) >= 11 is 0. The van der Waals surface area contributed by atoms with Gasteiger partial charge in [-0.3, -0.25) is 4.79 Å². The first-order valence-electron chi connectivity index (χ1n) is 6.89. The zero-order valence-corrected chi connectivity index (χ0v) is 11.5. The second-order valence-corrected chi connectivity index (χ2v) is 5.24. The number of amides is 2. The van der Waals surface area contributed by atoms with Gasteiger partial charge in [-0.25, -0.2) is 4.79 Å². The Morgan fingerprint density at radius 2 is 2.16 bits per heavy atom. The third-order valence-corrected chi connectivity index (χ3v) is 4.29. The van der Waals surface area contributed by atoms with Gasteiger partial charge >= 0.3 is 12.0 Å². The van der Waals surface area contributed by atoms with Gasteiger partial charge in [0.1, 0.15) is 0 Å². The number of urea groups is 1. The molecule has 19 heavy (non-hydrogen) atoms. The van der Waals surface area contributed by atoms with Gasteiger partial charge < -0.3 is 19.6 Å². The van der Waals surface area contributed by atoms with Gasteiger partial charge in [0.15, 0.2) is 0 Å². The van der Waals surface area contributed by atoms with Gasteiger partial charge in [-0.05, 0) is 26.2 Å². The van der Waals surface area contributed by atoms with Crippen molar-refractivity contribution in [2.75, 3.05) is 26.8 Å². The lowest BCUT2D eigenvalue weighted by molar-refractivity contribution is -0.142. The molecule has 2 aliphatic rings. The van der Waals surface area contributed by atoms with Crippen LogP contribution in [0.25, 0.3) is 0 Å². The number of rotatable bonds is 5. The van der Waals surface area contributed by atoms with Crippen molar-refractivity contribution in [2.45, 2.75) is 38.3 Å².